The number of hydrogen-bond donors (Lipinski definition) is 3. The highest BCUT2D eigenvalue weighted by atomic mass is 35.5. The van der Waals surface area contributed by atoms with E-state index in [1.54, 1.807) is 0 Å². The summed E-state index contributed by atoms with van der Waals surface area (Å²) in [6, 6.07) is 5.95. The van der Waals surface area contributed by atoms with Gasteiger partial charge in [-0.1, -0.05) is 13.8 Å². The first-order valence-electron chi connectivity index (χ1n) is 7.39. The van der Waals surface area contributed by atoms with Crippen LogP contribution < -0.4 is 15.4 Å². The standard InChI is InChI=1S/C15H25N3O3S.ClH/c1-12(2)11-18-22(20,21)14-7-5-13(6-8-14)15(19)17-10-4-9-16-3;/h5-8,12,16,18H,4,9-11H2,1-3H3,(H,17,19);1H. The normalized spacial score (nSPS) is 11.1. The van der Waals surface area contributed by atoms with Gasteiger partial charge in [-0.3, -0.25) is 4.79 Å². The Labute approximate surface area is 144 Å². The van der Waals surface area contributed by atoms with Crippen molar-refractivity contribution in [1.29, 1.82) is 0 Å². The van der Waals surface area contributed by atoms with E-state index in [0.29, 0.717) is 18.7 Å². The third-order valence-corrected chi connectivity index (χ3v) is 4.44. The van der Waals surface area contributed by atoms with E-state index >= 15 is 0 Å². The molecule has 6 nitrogen and oxygen atoms in total. The maximum Gasteiger partial charge on any atom is 0.251 e. The molecule has 0 aliphatic heterocycles. The largest absolute Gasteiger partial charge is 0.352 e. The number of halogens is 1. The van der Waals surface area contributed by atoms with Gasteiger partial charge in [0.25, 0.3) is 5.91 Å². The van der Waals surface area contributed by atoms with Gasteiger partial charge in [0.05, 0.1) is 4.90 Å². The van der Waals surface area contributed by atoms with Gasteiger partial charge in [-0.25, -0.2) is 13.1 Å². The Hall–Kier alpha value is -1.15. The third-order valence-electron chi connectivity index (χ3n) is 3.00. The van der Waals surface area contributed by atoms with Crippen LogP contribution in [-0.4, -0.2) is 41.0 Å². The number of rotatable bonds is 9. The predicted molar refractivity (Wildman–Crippen MR) is 94.6 cm³/mol. The van der Waals surface area contributed by atoms with Crippen molar-refractivity contribution in [3.8, 4) is 0 Å². The first-order valence-corrected chi connectivity index (χ1v) is 8.87. The van der Waals surface area contributed by atoms with Crippen LogP contribution in [0.15, 0.2) is 29.2 Å². The van der Waals surface area contributed by atoms with Gasteiger partial charge in [-0.15, -0.1) is 12.4 Å². The summed E-state index contributed by atoms with van der Waals surface area (Å²) in [6.07, 6.45) is 0.841. The molecule has 0 saturated heterocycles. The molecule has 1 rings (SSSR count). The van der Waals surface area contributed by atoms with Gasteiger partial charge < -0.3 is 10.6 Å². The molecular weight excluding hydrogens is 338 g/mol. The lowest BCUT2D eigenvalue weighted by Crippen LogP contribution is -2.28. The molecule has 23 heavy (non-hydrogen) atoms. The first-order chi connectivity index (χ1) is 10.4. The second-order valence-corrected chi connectivity index (χ2v) is 7.25. The molecule has 132 valence electrons. The molecule has 0 unspecified atom stereocenters. The van der Waals surface area contributed by atoms with Crippen molar-refractivity contribution in [2.24, 2.45) is 5.92 Å². The zero-order chi connectivity index (χ0) is 16.6. The summed E-state index contributed by atoms with van der Waals surface area (Å²) in [5, 5.41) is 5.79. The van der Waals surface area contributed by atoms with Crippen LogP contribution in [0.4, 0.5) is 0 Å². The van der Waals surface area contributed by atoms with Gasteiger partial charge in [-0.2, -0.15) is 0 Å². The van der Waals surface area contributed by atoms with Crippen LogP contribution in [0.5, 0.6) is 0 Å². The highest BCUT2D eigenvalue weighted by molar-refractivity contribution is 7.89. The first kappa shape index (κ1) is 21.9. The second-order valence-electron chi connectivity index (χ2n) is 5.48. The summed E-state index contributed by atoms with van der Waals surface area (Å²) >= 11 is 0. The Morgan fingerprint density at radius 1 is 1.13 bits per heavy atom. The van der Waals surface area contributed by atoms with Crippen LogP contribution in [0.25, 0.3) is 0 Å². The van der Waals surface area contributed by atoms with Gasteiger partial charge in [-0.05, 0) is 50.2 Å². The molecule has 0 atom stereocenters. The van der Waals surface area contributed by atoms with Crippen molar-refractivity contribution in [2.45, 2.75) is 25.2 Å². The summed E-state index contributed by atoms with van der Waals surface area (Å²) in [7, 11) is -1.66. The fourth-order valence-electron chi connectivity index (χ4n) is 1.71. The number of benzene rings is 1. The molecule has 0 aliphatic carbocycles. The zero-order valence-electron chi connectivity index (χ0n) is 13.8. The van der Waals surface area contributed by atoms with Crippen LogP contribution in [0.2, 0.25) is 0 Å². The lowest BCUT2D eigenvalue weighted by molar-refractivity contribution is 0.0953. The minimum Gasteiger partial charge on any atom is -0.352 e. The van der Waals surface area contributed by atoms with Gasteiger partial charge in [0.15, 0.2) is 0 Å². The van der Waals surface area contributed by atoms with E-state index in [0.717, 1.165) is 13.0 Å². The van der Waals surface area contributed by atoms with E-state index in [-0.39, 0.29) is 29.1 Å². The summed E-state index contributed by atoms with van der Waals surface area (Å²) in [5.41, 5.74) is 0.451. The third kappa shape index (κ3) is 7.78. The highest BCUT2D eigenvalue weighted by Crippen LogP contribution is 2.11. The Morgan fingerprint density at radius 2 is 1.74 bits per heavy atom. The molecule has 1 amide bonds. The summed E-state index contributed by atoms with van der Waals surface area (Å²) in [5.74, 6) is 0.0348. The van der Waals surface area contributed by atoms with E-state index in [4.69, 9.17) is 0 Å². The summed E-state index contributed by atoms with van der Waals surface area (Å²) in [6.45, 7) is 5.67. The number of amides is 1. The van der Waals surface area contributed by atoms with E-state index in [9.17, 15) is 13.2 Å². The lowest BCUT2D eigenvalue weighted by atomic mass is 10.2. The second kappa shape index (κ2) is 10.6. The van der Waals surface area contributed by atoms with Crippen molar-refractivity contribution in [2.75, 3.05) is 26.7 Å². The fraction of sp³-hybridized carbons (Fsp3) is 0.533. The molecule has 1 aromatic rings. The average Bonchev–Trinajstić information content (AvgIpc) is 2.49. The van der Waals surface area contributed by atoms with Crippen molar-refractivity contribution < 1.29 is 13.2 Å². The smallest absolute Gasteiger partial charge is 0.251 e. The Balaban J connectivity index is 0.00000484. The maximum absolute atomic E-state index is 12.0. The predicted octanol–water partition coefficient (Wildman–Crippen LogP) is 1.38. The molecule has 1 aromatic carbocycles. The summed E-state index contributed by atoms with van der Waals surface area (Å²) < 4.78 is 26.6. The fourth-order valence-corrected chi connectivity index (χ4v) is 2.93. The topological polar surface area (TPSA) is 87.3 Å². The van der Waals surface area contributed by atoms with Crippen LogP contribution in [0.3, 0.4) is 0 Å². The number of carbonyl (C=O) groups excluding carboxylic acids is 1. The SMILES string of the molecule is CNCCCNC(=O)c1ccc(S(=O)(=O)NCC(C)C)cc1.Cl. The van der Waals surface area contributed by atoms with Crippen molar-refractivity contribution in [3.63, 3.8) is 0 Å². The molecule has 0 saturated carbocycles. The Morgan fingerprint density at radius 3 is 2.26 bits per heavy atom. The van der Waals surface area contributed by atoms with Crippen molar-refractivity contribution >= 4 is 28.3 Å². The molecule has 0 aromatic heterocycles. The molecule has 3 N–H and O–H groups in total. The van der Waals surface area contributed by atoms with Crippen LogP contribution in [-0.2, 0) is 10.0 Å². The molecule has 0 radical (unpaired) electrons. The quantitative estimate of drug-likeness (QED) is 0.578. The lowest BCUT2D eigenvalue weighted by Gasteiger charge is -2.09. The van der Waals surface area contributed by atoms with Crippen molar-refractivity contribution in [3.05, 3.63) is 29.8 Å². The van der Waals surface area contributed by atoms with Gasteiger partial charge >= 0.3 is 0 Å². The van der Waals surface area contributed by atoms with E-state index in [2.05, 4.69) is 15.4 Å². The molecule has 0 heterocycles. The van der Waals surface area contributed by atoms with Gasteiger partial charge in [0.1, 0.15) is 0 Å². The number of carbonyl (C=O) groups is 1. The van der Waals surface area contributed by atoms with E-state index in [1.807, 2.05) is 20.9 Å². The van der Waals surface area contributed by atoms with Crippen LogP contribution >= 0.6 is 12.4 Å². The average molecular weight is 364 g/mol. The van der Waals surface area contributed by atoms with Crippen molar-refractivity contribution in [1.82, 2.24) is 15.4 Å². The zero-order valence-corrected chi connectivity index (χ0v) is 15.4. The van der Waals surface area contributed by atoms with Crippen LogP contribution in [0.1, 0.15) is 30.6 Å². The molecule has 0 fully saturated rings. The minimum atomic E-state index is -3.51. The highest BCUT2D eigenvalue weighted by Gasteiger charge is 2.15. The molecular formula is C15H26ClN3O3S. The summed E-state index contributed by atoms with van der Waals surface area (Å²) in [4.78, 5) is 12.1. The van der Waals surface area contributed by atoms with Gasteiger partial charge in [0.2, 0.25) is 10.0 Å². The molecule has 8 heteroatoms. The Bertz CT molecular complexity index is 574. The monoisotopic (exact) mass is 363 g/mol. The molecule has 0 spiro atoms. The number of nitrogens with one attached hydrogen (secondary N) is 3. The number of sulfonamides is 1. The Kier molecular flexibility index (Phi) is 10.1. The maximum atomic E-state index is 12.0. The minimum absolute atomic E-state index is 0. The van der Waals surface area contributed by atoms with E-state index < -0.39 is 10.0 Å². The molecule has 0 bridgehead atoms. The van der Waals surface area contributed by atoms with E-state index in [1.165, 1.54) is 24.3 Å². The molecule has 0 aliphatic rings. The van der Waals surface area contributed by atoms with Crippen LogP contribution in [0, 0.1) is 5.92 Å². The number of hydrogen-bond acceptors (Lipinski definition) is 4. The van der Waals surface area contributed by atoms with Gasteiger partial charge in [0, 0.05) is 18.7 Å².